The van der Waals surface area contributed by atoms with Gasteiger partial charge in [-0.05, 0) is 18.2 Å². The summed E-state index contributed by atoms with van der Waals surface area (Å²) in [7, 11) is 0. The Morgan fingerprint density at radius 3 is 2.86 bits per heavy atom. The van der Waals surface area contributed by atoms with Crippen LogP contribution in [-0.2, 0) is 0 Å². The monoisotopic (exact) mass is 214 g/mol. The molecular weight excluding hydrogens is 207 g/mol. The van der Waals surface area contributed by atoms with Gasteiger partial charge in [-0.3, -0.25) is 4.90 Å². The fourth-order valence-electron chi connectivity index (χ4n) is 1.40. The van der Waals surface area contributed by atoms with E-state index < -0.39 is 5.82 Å². The van der Waals surface area contributed by atoms with Gasteiger partial charge < -0.3 is 5.32 Å². The van der Waals surface area contributed by atoms with Crippen LogP contribution in [0.1, 0.15) is 0 Å². The summed E-state index contributed by atoms with van der Waals surface area (Å²) in [5.41, 5.74) is 0.545. The quantitative estimate of drug-likeness (QED) is 0.762. The van der Waals surface area contributed by atoms with Crippen molar-refractivity contribution in [3.05, 3.63) is 29.0 Å². The zero-order valence-corrected chi connectivity index (χ0v) is 8.01. The highest BCUT2D eigenvalue weighted by Crippen LogP contribution is 2.27. The van der Waals surface area contributed by atoms with Gasteiger partial charge in [0.05, 0.1) is 10.7 Å². The van der Waals surface area contributed by atoms with Crippen LogP contribution in [0.5, 0.6) is 0 Å². The van der Waals surface area contributed by atoms with Gasteiger partial charge >= 0.3 is 6.03 Å². The maximum atomic E-state index is 12.7. The minimum absolute atomic E-state index is 0.196. The van der Waals surface area contributed by atoms with Gasteiger partial charge in [-0.25, -0.2) is 9.18 Å². The molecule has 0 bridgehead atoms. The molecule has 2 amide bonds. The first-order valence-corrected chi connectivity index (χ1v) is 4.57. The molecule has 14 heavy (non-hydrogen) atoms. The van der Waals surface area contributed by atoms with Crippen LogP contribution < -0.4 is 10.2 Å². The SMILES string of the molecule is O=C1NCCN1c1ccc(F)cc1Cl. The van der Waals surface area contributed by atoms with E-state index in [0.29, 0.717) is 18.8 Å². The number of hydrogen-bond acceptors (Lipinski definition) is 1. The van der Waals surface area contributed by atoms with E-state index in [1.807, 2.05) is 0 Å². The number of carbonyl (C=O) groups is 1. The van der Waals surface area contributed by atoms with Crippen molar-refractivity contribution in [2.24, 2.45) is 0 Å². The highest BCUT2D eigenvalue weighted by atomic mass is 35.5. The Labute approximate surface area is 85.5 Å². The van der Waals surface area contributed by atoms with E-state index >= 15 is 0 Å². The number of carbonyl (C=O) groups excluding carboxylic acids is 1. The third-order valence-electron chi connectivity index (χ3n) is 2.06. The van der Waals surface area contributed by atoms with Crippen LogP contribution in [0, 0.1) is 5.82 Å². The van der Waals surface area contributed by atoms with Gasteiger partial charge in [-0.2, -0.15) is 0 Å². The highest BCUT2D eigenvalue weighted by Gasteiger charge is 2.22. The molecule has 5 heteroatoms. The van der Waals surface area contributed by atoms with E-state index in [-0.39, 0.29) is 11.1 Å². The number of nitrogens with one attached hydrogen (secondary N) is 1. The summed E-state index contributed by atoms with van der Waals surface area (Å²) in [4.78, 5) is 12.8. The lowest BCUT2D eigenvalue weighted by Gasteiger charge is -2.15. The van der Waals surface area contributed by atoms with Crippen LogP contribution in [0.4, 0.5) is 14.9 Å². The Balaban J connectivity index is 2.36. The molecule has 0 aliphatic carbocycles. The van der Waals surface area contributed by atoms with Gasteiger partial charge in [0.15, 0.2) is 0 Å². The van der Waals surface area contributed by atoms with Gasteiger partial charge in [0.25, 0.3) is 0 Å². The number of hydrogen-bond donors (Lipinski definition) is 1. The molecule has 0 radical (unpaired) electrons. The van der Waals surface area contributed by atoms with Crippen LogP contribution in [0.3, 0.4) is 0 Å². The van der Waals surface area contributed by atoms with Gasteiger partial charge in [-0.15, -0.1) is 0 Å². The number of nitrogens with zero attached hydrogens (tertiary/aromatic N) is 1. The molecule has 1 N–H and O–H groups in total. The summed E-state index contributed by atoms with van der Waals surface area (Å²) in [5.74, 6) is -0.404. The maximum absolute atomic E-state index is 12.7. The Bertz CT molecular complexity index is 383. The smallest absolute Gasteiger partial charge is 0.322 e. The third-order valence-corrected chi connectivity index (χ3v) is 2.36. The molecule has 0 atom stereocenters. The minimum Gasteiger partial charge on any atom is -0.336 e. The Morgan fingerprint density at radius 2 is 2.29 bits per heavy atom. The summed E-state index contributed by atoms with van der Waals surface area (Å²) < 4.78 is 12.7. The zero-order valence-electron chi connectivity index (χ0n) is 7.26. The zero-order chi connectivity index (χ0) is 10.1. The summed E-state index contributed by atoms with van der Waals surface area (Å²) in [6.07, 6.45) is 0. The number of urea groups is 1. The van der Waals surface area contributed by atoms with Crippen molar-refractivity contribution < 1.29 is 9.18 Å². The first kappa shape index (κ1) is 9.27. The van der Waals surface area contributed by atoms with Crippen molar-refractivity contribution in [1.29, 1.82) is 0 Å². The lowest BCUT2D eigenvalue weighted by Crippen LogP contribution is -2.27. The molecular formula is C9H8ClFN2O. The van der Waals surface area contributed by atoms with E-state index in [1.54, 1.807) is 0 Å². The van der Waals surface area contributed by atoms with Crippen LogP contribution in [0.2, 0.25) is 5.02 Å². The second-order valence-corrected chi connectivity index (χ2v) is 3.39. The second-order valence-electron chi connectivity index (χ2n) is 2.98. The molecule has 1 heterocycles. The van der Waals surface area contributed by atoms with Crippen LogP contribution >= 0.6 is 11.6 Å². The molecule has 1 fully saturated rings. The molecule has 0 aromatic heterocycles. The summed E-state index contributed by atoms with van der Waals surface area (Å²) in [6.45, 7) is 1.15. The molecule has 3 nitrogen and oxygen atoms in total. The highest BCUT2D eigenvalue weighted by molar-refractivity contribution is 6.33. The fourth-order valence-corrected chi connectivity index (χ4v) is 1.67. The van der Waals surface area contributed by atoms with Crippen molar-refractivity contribution in [3.63, 3.8) is 0 Å². The molecule has 74 valence electrons. The number of anilines is 1. The Morgan fingerprint density at radius 1 is 1.50 bits per heavy atom. The van der Waals surface area contributed by atoms with Gasteiger partial charge in [-0.1, -0.05) is 11.6 Å². The molecule has 1 aliphatic rings. The van der Waals surface area contributed by atoms with E-state index in [4.69, 9.17) is 11.6 Å². The molecule has 1 saturated heterocycles. The lowest BCUT2D eigenvalue weighted by atomic mass is 10.3. The van der Waals surface area contributed by atoms with E-state index in [1.165, 1.54) is 23.1 Å². The molecule has 2 rings (SSSR count). The van der Waals surface area contributed by atoms with E-state index in [0.717, 1.165) is 0 Å². The van der Waals surface area contributed by atoms with Crippen molar-refractivity contribution in [1.82, 2.24) is 5.32 Å². The molecule has 0 saturated carbocycles. The second kappa shape index (κ2) is 3.46. The van der Waals surface area contributed by atoms with Crippen LogP contribution in [0.25, 0.3) is 0 Å². The predicted octanol–water partition coefficient (Wildman–Crippen LogP) is 2.01. The minimum atomic E-state index is -0.404. The van der Waals surface area contributed by atoms with Gasteiger partial charge in [0, 0.05) is 13.1 Å². The number of amides is 2. The summed E-state index contributed by atoms with van der Waals surface area (Å²) >= 11 is 5.81. The molecule has 1 aliphatic heterocycles. The van der Waals surface area contributed by atoms with E-state index in [2.05, 4.69) is 5.32 Å². The standard InChI is InChI=1S/C9H8ClFN2O/c10-7-5-6(11)1-2-8(7)13-4-3-12-9(13)14/h1-2,5H,3-4H2,(H,12,14). The maximum Gasteiger partial charge on any atom is 0.322 e. The summed E-state index contributed by atoms with van der Waals surface area (Å²) in [6, 6.07) is 3.79. The lowest BCUT2D eigenvalue weighted by molar-refractivity contribution is 0.252. The third kappa shape index (κ3) is 1.53. The molecule has 1 aromatic rings. The van der Waals surface area contributed by atoms with Crippen LogP contribution in [-0.4, -0.2) is 19.1 Å². The Hall–Kier alpha value is -1.29. The topological polar surface area (TPSA) is 32.3 Å². The largest absolute Gasteiger partial charge is 0.336 e. The first-order chi connectivity index (χ1) is 6.68. The number of halogens is 2. The predicted molar refractivity (Wildman–Crippen MR) is 52.2 cm³/mol. The van der Waals surface area contributed by atoms with Gasteiger partial charge in [0.2, 0.25) is 0 Å². The average molecular weight is 215 g/mol. The molecule has 0 spiro atoms. The Kier molecular flexibility index (Phi) is 2.29. The van der Waals surface area contributed by atoms with Crippen LogP contribution in [0.15, 0.2) is 18.2 Å². The van der Waals surface area contributed by atoms with Crippen molar-refractivity contribution in [2.75, 3.05) is 18.0 Å². The molecule has 1 aromatic carbocycles. The van der Waals surface area contributed by atoms with Crippen molar-refractivity contribution in [2.45, 2.75) is 0 Å². The van der Waals surface area contributed by atoms with Crippen molar-refractivity contribution >= 4 is 23.3 Å². The normalized spacial score (nSPS) is 15.9. The molecule has 0 unspecified atom stereocenters. The number of rotatable bonds is 1. The van der Waals surface area contributed by atoms with E-state index in [9.17, 15) is 9.18 Å². The summed E-state index contributed by atoms with van der Waals surface area (Å²) in [5, 5.41) is 2.90. The van der Waals surface area contributed by atoms with Gasteiger partial charge in [0.1, 0.15) is 5.82 Å². The van der Waals surface area contributed by atoms with Crippen molar-refractivity contribution in [3.8, 4) is 0 Å². The average Bonchev–Trinajstić information content (AvgIpc) is 2.52. The first-order valence-electron chi connectivity index (χ1n) is 4.19. The fraction of sp³-hybridized carbons (Fsp3) is 0.222. The number of benzene rings is 1.